The van der Waals surface area contributed by atoms with E-state index in [0.29, 0.717) is 0 Å². The minimum atomic E-state index is 0.00229. The average Bonchev–Trinajstić information content (AvgIpc) is 2.78. The fourth-order valence-corrected chi connectivity index (χ4v) is 3.12. The first-order chi connectivity index (χ1) is 8.81. The van der Waals surface area contributed by atoms with E-state index in [1.54, 1.807) is 0 Å². The molecule has 0 aliphatic heterocycles. The highest BCUT2D eigenvalue weighted by Gasteiger charge is 2.32. The van der Waals surface area contributed by atoms with Crippen LogP contribution >= 0.6 is 11.6 Å². The Morgan fingerprint density at radius 1 is 0.944 bits per heavy atom. The Kier molecular flexibility index (Phi) is 2.92. The molecule has 3 rings (SSSR count). The van der Waals surface area contributed by atoms with Crippen molar-refractivity contribution in [3.05, 3.63) is 70.2 Å². The first-order valence-corrected chi connectivity index (χ1v) is 6.47. The van der Waals surface area contributed by atoms with E-state index in [-0.39, 0.29) is 11.8 Å². The third-order valence-corrected chi connectivity index (χ3v) is 4.05. The summed E-state index contributed by atoms with van der Waals surface area (Å²) in [6, 6.07) is 16.1. The molecule has 1 unspecified atom stereocenters. The Labute approximate surface area is 111 Å². The maximum atomic E-state index is 11.2. The Morgan fingerprint density at radius 3 is 2.22 bits per heavy atom. The number of aldehydes is 1. The summed E-state index contributed by atoms with van der Waals surface area (Å²) in [6.07, 6.45) is 1.88. The Morgan fingerprint density at radius 2 is 1.56 bits per heavy atom. The van der Waals surface area contributed by atoms with Crippen LogP contribution in [0.25, 0.3) is 0 Å². The van der Waals surface area contributed by atoms with Crippen molar-refractivity contribution >= 4 is 17.9 Å². The zero-order valence-electron chi connectivity index (χ0n) is 9.84. The number of benzene rings is 2. The topological polar surface area (TPSA) is 17.1 Å². The molecule has 0 aromatic heterocycles. The summed E-state index contributed by atoms with van der Waals surface area (Å²) in [6.45, 7) is 0. The van der Waals surface area contributed by atoms with Crippen LogP contribution in [0.1, 0.15) is 34.9 Å². The molecule has 0 fully saturated rings. The standard InChI is InChI=1S/C16H13ClO/c17-16-8-4-3-7-14(16)15-9-11(10-18)12-5-1-2-6-13(12)15/h1-8,10-11,15H,9H2/t11-,15?/m1/s1. The molecule has 0 bridgehead atoms. The summed E-state index contributed by atoms with van der Waals surface area (Å²) in [5.74, 6) is 0.243. The molecule has 0 heterocycles. The van der Waals surface area contributed by atoms with Gasteiger partial charge in [-0.25, -0.2) is 0 Å². The molecule has 90 valence electrons. The van der Waals surface area contributed by atoms with Gasteiger partial charge in [-0.1, -0.05) is 54.1 Å². The van der Waals surface area contributed by atoms with Gasteiger partial charge in [0, 0.05) is 16.9 Å². The van der Waals surface area contributed by atoms with Gasteiger partial charge in [0.2, 0.25) is 0 Å². The van der Waals surface area contributed by atoms with Gasteiger partial charge in [-0.05, 0) is 29.2 Å². The maximum absolute atomic E-state index is 11.2. The predicted octanol–water partition coefficient (Wildman–Crippen LogP) is 4.16. The second-order valence-electron chi connectivity index (χ2n) is 4.68. The van der Waals surface area contributed by atoms with Gasteiger partial charge < -0.3 is 4.79 Å². The van der Waals surface area contributed by atoms with E-state index in [1.165, 1.54) is 5.56 Å². The summed E-state index contributed by atoms with van der Waals surface area (Å²) in [5, 5.41) is 0.781. The molecule has 2 atom stereocenters. The molecule has 1 nitrogen and oxygen atoms in total. The van der Waals surface area contributed by atoms with Gasteiger partial charge >= 0.3 is 0 Å². The molecule has 2 aromatic carbocycles. The number of rotatable bonds is 2. The van der Waals surface area contributed by atoms with E-state index in [1.807, 2.05) is 36.4 Å². The van der Waals surface area contributed by atoms with Crippen LogP contribution in [0.5, 0.6) is 0 Å². The van der Waals surface area contributed by atoms with Gasteiger partial charge in [-0.3, -0.25) is 0 Å². The lowest BCUT2D eigenvalue weighted by Crippen LogP contribution is -1.98. The van der Waals surface area contributed by atoms with E-state index in [9.17, 15) is 4.79 Å². The third kappa shape index (κ3) is 1.75. The van der Waals surface area contributed by atoms with Crippen LogP contribution < -0.4 is 0 Å². The fourth-order valence-electron chi connectivity index (χ4n) is 2.85. The van der Waals surface area contributed by atoms with Crippen molar-refractivity contribution in [1.82, 2.24) is 0 Å². The lowest BCUT2D eigenvalue weighted by atomic mass is 9.93. The normalized spacial score (nSPS) is 21.6. The number of hydrogen-bond donors (Lipinski definition) is 0. The van der Waals surface area contributed by atoms with Gasteiger partial charge in [0.15, 0.2) is 0 Å². The predicted molar refractivity (Wildman–Crippen MR) is 73.2 cm³/mol. The van der Waals surface area contributed by atoms with Crippen molar-refractivity contribution in [2.75, 3.05) is 0 Å². The second-order valence-corrected chi connectivity index (χ2v) is 5.09. The highest BCUT2D eigenvalue weighted by atomic mass is 35.5. The molecular weight excluding hydrogens is 244 g/mol. The van der Waals surface area contributed by atoms with Crippen LogP contribution in [-0.4, -0.2) is 6.29 Å². The molecule has 1 aliphatic rings. The van der Waals surface area contributed by atoms with E-state index in [2.05, 4.69) is 12.1 Å². The summed E-state index contributed by atoms with van der Waals surface area (Å²) in [5.41, 5.74) is 3.51. The van der Waals surface area contributed by atoms with Crippen molar-refractivity contribution in [3.8, 4) is 0 Å². The molecule has 2 aromatic rings. The van der Waals surface area contributed by atoms with E-state index in [0.717, 1.165) is 28.9 Å². The highest BCUT2D eigenvalue weighted by molar-refractivity contribution is 6.31. The second kappa shape index (κ2) is 4.58. The molecule has 0 N–H and O–H groups in total. The van der Waals surface area contributed by atoms with Crippen LogP contribution in [0.2, 0.25) is 5.02 Å². The molecule has 18 heavy (non-hydrogen) atoms. The summed E-state index contributed by atoms with van der Waals surface area (Å²) in [4.78, 5) is 11.2. The van der Waals surface area contributed by atoms with Gasteiger partial charge in [-0.2, -0.15) is 0 Å². The van der Waals surface area contributed by atoms with E-state index < -0.39 is 0 Å². The number of halogens is 1. The zero-order valence-corrected chi connectivity index (χ0v) is 10.6. The SMILES string of the molecule is O=C[C@H]1CC(c2ccccc2Cl)c2ccccc21. The quantitative estimate of drug-likeness (QED) is 0.738. The van der Waals surface area contributed by atoms with Crippen LogP contribution in [0.4, 0.5) is 0 Å². The Bertz CT molecular complexity index is 591. The monoisotopic (exact) mass is 256 g/mol. The maximum Gasteiger partial charge on any atom is 0.127 e. The largest absolute Gasteiger partial charge is 0.303 e. The minimum absolute atomic E-state index is 0.00229. The first-order valence-electron chi connectivity index (χ1n) is 6.10. The summed E-state index contributed by atoms with van der Waals surface area (Å²) in [7, 11) is 0. The Hall–Kier alpha value is -1.60. The molecular formula is C16H13ClO. The average molecular weight is 257 g/mol. The minimum Gasteiger partial charge on any atom is -0.303 e. The van der Waals surface area contributed by atoms with Crippen molar-refractivity contribution < 1.29 is 4.79 Å². The summed E-state index contributed by atoms with van der Waals surface area (Å²) >= 11 is 6.27. The lowest BCUT2D eigenvalue weighted by molar-refractivity contribution is -0.109. The van der Waals surface area contributed by atoms with Crippen LogP contribution in [0, 0.1) is 0 Å². The fraction of sp³-hybridized carbons (Fsp3) is 0.188. The van der Waals surface area contributed by atoms with Crippen LogP contribution in [0.15, 0.2) is 48.5 Å². The third-order valence-electron chi connectivity index (χ3n) is 3.71. The number of carbonyl (C=O) groups excluding carboxylic acids is 1. The summed E-state index contributed by atoms with van der Waals surface area (Å²) < 4.78 is 0. The molecule has 0 radical (unpaired) electrons. The highest BCUT2D eigenvalue weighted by Crippen LogP contribution is 2.45. The van der Waals surface area contributed by atoms with Crippen LogP contribution in [0.3, 0.4) is 0 Å². The van der Waals surface area contributed by atoms with E-state index >= 15 is 0 Å². The molecule has 0 amide bonds. The Balaban J connectivity index is 2.11. The number of hydrogen-bond acceptors (Lipinski definition) is 1. The van der Waals surface area contributed by atoms with Gasteiger partial charge in [0.25, 0.3) is 0 Å². The molecule has 0 saturated heterocycles. The van der Waals surface area contributed by atoms with Crippen molar-refractivity contribution in [2.45, 2.75) is 18.3 Å². The molecule has 0 saturated carbocycles. The molecule has 2 heteroatoms. The zero-order chi connectivity index (χ0) is 12.5. The van der Waals surface area contributed by atoms with Crippen molar-refractivity contribution in [1.29, 1.82) is 0 Å². The smallest absolute Gasteiger partial charge is 0.127 e. The number of carbonyl (C=O) groups is 1. The van der Waals surface area contributed by atoms with Gasteiger partial charge in [0.05, 0.1) is 0 Å². The molecule has 1 aliphatic carbocycles. The van der Waals surface area contributed by atoms with Crippen molar-refractivity contribution in [2.24, 2.45) is 0 Å². The van der Waals surface area contributed by atoms with Crippen molar-refractivity contribution in [3.63, 3.8) is 0 Å². The van der Waals surface area contributed by atoms with E-state index in [4.69, 9.17) is 11.6 Å². The first kappa shape index (κ1) is 11.5. The lowest BCUT2D eigenvalue weighted by Gasteiger charge is -2.13. The van der Waals surface area contributed by atoms with Gasteiger partial charge in [-0.15, -0.1) is 0 Å². The van der Waals surface area contributed by atoms with Crippen LogP contribution in [-0.2, 0) is 4.79 Å². The molecule has 0 spiro atoms. The van der Waals surface area contributed by atoms with Gasteiger partial charge in [0.1, 0.15) is 6.29 Å². The number of fused-ring (bicyclic) bond motifs is 1.